The number of hydrogen-bond donors (Lipinski definition) is 5. The normalized spacial score (nSPS) is 13.6. The van der Waals surface area contributed by atoms with E-state index in [1.807, 2.05) is 19.9 Å². The zero-order chi connectivity index (χ0) is 28.9. The van der Waals surface area contributed by atoms with Gasteiger partial charge < -0.3 is 35.6 Å². The molecule has 12 nitrogen and oxygen atoms in total. The van der Waals surface area contributed by atoms with Crippen molar-refractivity contribution in [3.05, 3.63) is 35.9 Å². The van der Waals surface area contributed by atoms with Crippen LogP contribution in [0.4, 0.5) is 4.79 Å². The van der Waals surface area contributed by atoms with E-state index in [-0.39, 0.29) is 25.4 Å². The first kappa shape index (κ1) is 32.4. The average molecular weight is 538 g/mol. The lowest BCUT2D eigenvalue weighted by Crippen LogP contribution is -2.57. The third-order valence-corrected chi connectivity index (χ3v) is 5.00. The number of ether oxygens (including phenoxy) is 2. The van der Waals surface area contributed by atoms with E-state index < -0.39 is 66.6 Å². The van der Waals surface area contributed by atoms with Crippen LogP contribution in [0.25, 0.3) is 0 Å². The van der Waals surface area contributed by atoms with E-state index in [2.05, 4.69) is 16.0 Å². The summed E-state index contributed by atoms with van der Waals surface area (Å²) in [6.45, 7) is 7.74. The van der Waals surface area contributed by atoms with Gasteiger partial charge in [-0.15, -0.1) is 0 Å². The maximum atomic E-state index is 12.9. The van der Waals surface area contributed by atoms with Gasteiger partial charge in [-0.1, -0.05) is 44.2 Å². The minimum atomic E-state index is -1.48. The molecule has 0 saturated heterocycles. The van der Waals surface area contributed by atoms with Crippen molar-refractivity contribution in [1.82, 2.24) is 16.0 Å². The molecule has 0 aliphatic heterocycles. The molecule has 38 heavy (non-hydrogen) atoms. The Morgan fingerprint density at radius 2 is 1.47 bits per heavy atom. The van der Waals surface area contributed by atoms with Crippen molar-refractivity contribution in [2.45, 2.75) is 84.2 Å². The molecule has 0 unspecified atom stereocenters. The summed E-state index contributed by atoms with van der Waals surface area (Å²) in [4.78, 5) is 61.6. The lowest BCUT2D eigenvalue weighted by Gasteiger charge is -2.25. The Balaban J connectivity index is 2.89. The van der Waals surface area contributed by atoms with E-state index >= 15 is 0 Å². The van der Waals surface area contributed by atoms with Crippen molar-refractivity contribution in [3.63, 3.8) is 0 Å². The van der Waals surface area contributed by atoms with Gasteiger partial charge in [0, 0.05) is 6.42 Å². The van der Waals surface area contributed by atoms with Crippen LogP contribution >= 0.6 is 0 Å². The minimum Gasteiger partial charge on any atom is -0.481 e. The van der Waals surface area contributed by atoms with Crippen molar-refractivity contribution in [2.75, 3.05) is 6.61 Å². The van der Waals surface area contributed by atoms with Gasteiger partial charge in [-0.3, -0.25) is 14.4 Å². The van der Waals surface area contributed by atoms with E-state index in [4.69, 9.17) is 14.6 Å². The number of aliphatic carboxylic acids is 1. The Morgan fingerprint density at radius 1 is 0.895 bits per heavy atom. The molecule has 0 fully saturated rings. The van der Waals surface area contributed by atoms with Crippen LogP contribution in [0.15, 0.2) is 30.3 Å². The number of aliphatic hydroxyl groups is 1. The van der Waals surface area contributed by atoms with Crippen LogP contribution in [0.1, 0.15) is 59.4 Å². The fourth-order valence-corrected chi connectivity index (χ4v) is 3.24. The highest BCUT2D eigenvalue weighted by Crippen LogP contribution is 2.10. The molecule has 0 radical (unpaired) electrons. The Kier molecular flexibility index (Phi) is 13.2. The molecular weight excluding hydrogens is 498 g/mol. The monoisotopic (exact) mass is 537 g/mol. The van der Waals surface area contributed by atoms with Gasteiger partial charge in [0.05, 0.1) is 6.61 Å². The van der Waals surface area contributed by atoms with Crippen LogP contribution in [-0.2, 0) is 35.3 Å². The Hall–Kier alpha value is -3.67. The van der Waals surface area contributed by atoms with Gasteiger partial charge >= 0.3 is 18.0 Å². The lowest BCUT2D eigenvalue weighted by atomic mass is 10.0. The summed E-state index contributed by atoms with van der Waals surface area (Å²) < 4.78 is 10.5. The van der Waals surface area contributed by atoms with Gasteiger partial charge in [0.25, 0.3) is 0 Å². The van der Waals surface area contributed by atoms with Crippen molar-refractivity contribution >= 4 is 29.8 Å². The summed E-state index contributed by atoms with van der Waals surface area (Å²) in [6, 6.07) is 5.11. The molecule has 5 N–H and O–H groups in total. The fourth-order valence-electron chi connectivity index (χ4n) is 3.24. The molecule has 0 aliphatic rings. The number of aliphatic hydroxyl groups excluding tert-OH is 1. The number of amides is 3. The van der Waals surface area contributed by atoms with Crippen LogP contribution in [0.2, 0.25) is 0 Å². The molecule has 1 rings (SSSR count). The Morgan fingerprint density at radius 3 is 2.00 bits per heavy atom. The van der Waals surface area contributed by atoms with E-state index in [1.54, 1.807) is 45.0 Å². The molecule has 0 aliphatic carbocycles. The number of rotatable bonds is 14. The van der Waals surface area contributed by atoms with Gasteiger partial charge in [-0.2, -0.15) is 0 Å². The number of benzene rings is 1. The average Bonchev–Trinajstić information content (AvgIpc) is 2.81. The SMILES string of the molecule is CC(C)C[C@H](NC(=O)[C@H](CO)NC(=O)[C@H](CCC(=O)O)NC(=O)OC(C)(C)C)C(=O)OCc1ccccc1. The molecule has 3 amide bonds. The van der Waals surface area contributed by atoms with E-state index in [9.17, 15) is 29.1 Å². The molecule has 0 saturated carbocycles. The molecule has 1 aromatic carbocycles. The van der Waals surface area contributed by atoms with E-state index in [0.717, 1.165) is 5.56 Å². The molecular formula is C26H39N3O9. The standard InChI is InChI=1S/C26H39N3O9/c1-16(2)13-19(24(35)37-15-17-9-7-6-8-10-17)27-23(34)20(14-30)28-22(33)18(11-12-21(31)32)29-25(36)38-26(3,4)5/h6-10,16,18-20,30H,11-15H2,1-5H3,(H,27,34)(H,28,33)(H,29,36)(H,31,32)/t18-,19-,20-/m0/s1. The molecule has 3 atom stereocenters. The number of esters is 1. The highest BCUT2D eigenvalue weighted by Gasteiger charge is 2.31. The minimum absolute atomic E-state index is 0.00479. The third kappa shape index (κ3) is 13.0. The number of hydrogen-bond acceptors (Lipinski definition) is 8. The first-order valence-electron chi connectivity index (χ1n) is 12.3. The maximum absolute atomic E-state index is 12.9. The highest BCUT2D eigenvalue weighted by atomic mass is 16.6. The second-order valence-electron chi connectivity index (χ2n) is 10.2. The van der Waals surface area contributed by atoms with E-state index in [1.165, 1.54) is 0 Å². The molecule has 1 aromatic rings. The van der Waals surface area contributed by atoms with E-state index in [0.29, 0.717) is 0 Å². The summed E-state index contributed by atoms with van der Waals surface area (Å²) in [5.41, 5.74) is -0.104. The second kappa shape index (κ2) is 15.6. The molecule has 212 valence electrons. The maximum Gasteiger partial charge on any atom is 0.408 e. The predicted octanol–water partition coefficient (Wildman–Crippen LogP) is 1.50. The number of carboxylic acid groups (broad SMARTS) is 1. The Bertz CT molecular complexity index is 945. The van der Waals surface area contributed by atoms with Crippen LogP contribution < -0.4 is 16.0 Å². The van der Waals surface area contributed by atoms with Crippen LogP contribution in [0, 0.1) is 5.92 Å². The fraction of sp³-hybridized carbons (Fsp3) is 0.577. The summed E-state index contributed by atoms with van der Waals surface area (Å²) in [5.74, 6) is -3.62. The predicted molar refractivity (Wildman–Crippen MR) is 137 cm³/mol. The number of carbonyl (C=O) groups is 5. The number of nitrogens with one attached hydrogen (secondary N) is 3. The number of carbonyl (C=O) groups excluding carboxylic acids is 4. The lowest BCUT2D eigenvalue weighted by molar-refractivity contribution is -0.150. The van der Waals surface area contributed by atoms with Crippen molar-refractivity contribution < 1.29 is 43.7 Å². The smallest absolute Gasteiger partial charge is 0.408 e. The topological polar surface area (TPSA) is 180 Å². The number of alkyl carbamates (subject to hydrolysis) is 1. The van der Waals surface area contributed by atoms with Gasteiger partial charge in [0.2, 0.25) is 11.8 Å². The zero-order valence-corrected chi connectivity index (χ0v) is 22.5. The second-order valence-corrected chi connectivity index (χ2v) is 10.2. The first-order valence-corrected chi connectivity index (χ1v) is 12.3. The molecule has 0 aromatic heterocycles. The summed E-state index contributed by atoms with van der Waals surface area (Å²) in [5, 5.41) is 25.9. The largest absolute Gasteiger partial charge is 0.481 e. The summed E-state index contributed by atoms with van der Waals surface area (Å²) >= 11 is 0. The molecule has 0 heterocycles. The Labute approximate surface area is 222 Å². The highest BCUT2D eigenvalue weighted by molar-refractivity contribution is 5.93. The molecule has 0 bridgehead atoms. The first-order chi connectivity index (χ1) is 17.7. The number of carboxylic acids is 1. The van der Waals surface area contributed by atoms with Crippen LogP contribution in [0.5, 0.6) is 0 Å². The van der Waals surface area contributed by atoms with Gasteiger partial charge in [-0.25, -0.2) is 9.59 Å². The van der Waals surface area contributed by atoms with Crippen LogP contribution in [-0.4, -0.2) is 70.4 Å². The van der Waals surface area contributed by atoms with Crippen molar-refractivity contribution in [2.24, 2.45) is 5.92 Å². The van der Waals surface area contributed by atoms with Gasteiger partial charge in [-0.05, 0) is 45.1 Å². The van der Waals surface area contributed by atoms with Gasteiger partial charge in [0.1, 0.15) is 30.3 Å². The quantitative estimate of drug-likeness (QED) is 0.220. The van der Waals surface area contributed by atoms with Gasteiger partial charge in [0.15, 0.2) is 0 Å². The molecule has 0 spiro atoms. The zero-order valence-electron chi connectivity index (χ0n) is 22.5. The third-order valence-electron chi connectivity index (χ3n) is 5.00. The van der Waals surface area contributed by atoms with Crippen molar-refractivity contribution in [3.8, 4) is 0 Å². The van der Waals surface area contributed by atoms with Crippen LogP contribution in [0.3, 0.4) is 0 Å². The van der Waals surface area contributed by atoms with Crippen molar-refractivity contribution in [1.29, 1.82) is 0 Å². The molecule has 12 heteroatoms. The summed E-state index contributed by atoms with van der Waals surface area (Å²) in [7, 11) is 0. The summed E-state index contributed by atoms with van der Waals surface area (Å²) in [6.07, 6.45) is -1.45.